The molecule has 1 nitrogen and oxygen atoms in total. The molecule has 1 aliphatic carbocycles. The van der Waals surface area contributed by atoms with Crippen molar-refractivity contribution in [2.75, 3.05) is 6.54 Å². The molecule has 114 valence electrons. The summed E-state index contributed by atoms with van der Waals surface area (Å²) < 4.78 is 0. The maximum atomic E-state index is 6.03. The van der Waals surface area contributed by atoms with Gasteiger partial charge in [-0.05, 0) is 49.4 Å². The lowest BCUT2D eigenvalue weighted by atomic mass is 9.59. The topological polar surface area (TPSA) is 12.0 Å². The van der Waals surface area contributed by atoms with E-state index in [4.69, 9.17) is 11.6 Å². The van der Waals surface area contributed by atoms with Crippen molar-refractivity contribution in [2.45, 2.75) is 57.9 Å². The van der Waals surface area contributed by atoms with Gasteiger partial charge >= 0.3 is 0 Å². The van der Waals surface area contributed by atoms with Crippen molar-refractivity contribution in [2.24, 2.45) is 5.92 Å². The maximum Gasteiger partial charge on any atom is 0.0406 e. The average molecular weight is 316 g/mol. The molecule has 0 aromatic heterocycles. The Bertz CT molecular complexity index is 396. The summed E-state index contributed by atoms with van der Waals surface area (Å²) in [6, 6.07) is 9.12. The fourth-order valence-corrected chi connectivity index (χ4v) is 3.53. The highest BCUT2D eigenvalue weighted by atomic mass is 35.5. The van der Waals surface area contributed by atoms with E-state index in [0.717, 1.165) is 17.5 Å². The van der Waals surface area contributed by atoms with Crippen LogP contribution in [0.4, 0.5) is 0 Å². The Kier molecular flexibility index (Phi) is 6.84. The minimum atomic E-state index is 0. The van der Waals surface area contributed by atoms with E-state index in [1.807, 2.05) is 12.1 Å². The van der Waals surface area contributed by atoms with Gasteiger partial charge in [-0.1, -0.05) is 50.9 Å². The number of halogens is 2. The smallest absolute Gasteiger partial charge is 0.0406 e. The summed E-state index contributed by atoms with van der Waals surface area (Å²) in [5.74, 6) is 0.730. The molecular formula is C17H27Cl2N. The number of likely N-dealkylation sites (N-methyl/N-ethyl adjacent to an activating group) is 1. The molecule has 1 aromatic carbocycles. The molecule has 0 bridgehead atoms. The van der Waals surface area contributed by atoms with E-state index in [2.05, 4.69) is 38.2 Å². The highest BCUT2D eigenvalue weighted by molar-refractivity contribution is 6.30. The van der Waals surface area contributed by atoms with Crippen LogP contribution < -0.4 is 5.32 Å². The fourth-order valence-electron chi connectivity index (χ4n) is 3.40. The zero-order valence-corrected chi connectivity index (χ0v) is 14.4. The van der Waals surface area contributed by atoms with Gasteiger partial charge in [0.1, 0.15) is 0 Å². The summed E-state index contributed by atoms with van der Waals surface area (Å²) >= 11 is 6.03. The lowest BCUT2D eigenvalue weighted by Gasteiger charge is -2.49. The van der Waals surface area contributed by atoms with Crippen LogP contribution in [0.2, 0.25) is 5.02 Å². The van der Waals surface area contributed by atoms with Crippen molar-refractivity contribution in [1.29, 1.82) is 0 Å². The maximum absolute atomic E-state index is 6.03. The Hall–Kier alpha value is -0.240. The molecule has 2 rings (SSSR count). The number of benzene rings is 1. The van der Waals surface area contributed by atoms with Crippen molar-refractivity contribution < 1.29 is 0 Å². The molecule has 0 spiro atoms. The zero-order chi connectivity index (χ0) is 13.9. The molecule has 1 saturated carbocycles. The first kappa shape index (κ1) is 17.8. The molecule has 20 heavy (non-hydrogen) atoms. The van der Waals surface area contributed by atoms with Gasteiger partial charge in [-0.3, -0.25) is 0 Å². The minimum absolute atomic E-state index is 0. The van der Waals surface area contributed by atoms with Gasteiger partial charge in [0.05, 0.1) is 0 Å². The van der Waals surface area contributed by atoms with Gasteiger partial charge < -0.3 is 5.32 Å². The van der Waals surface area contributed by atoms with Crippen LogP contribution in [0.15, 0.2) is 24.3 Å². The predicted octanol–water partition coefficient (Wildman–Crippen LogP) is 5.21. The van der Waals surface area contributed by atoms with Crippen molar-refractivity contribution in [1.82, 2.24) is 5.32 Å². The van der Waals surface area contributed by atoms with Crippen LogP contribution >= 0.6 is 24.0 Å². The number of rotatable bonds is 6. The Morgan fingerprint density at radius 3 is 2.20 bits per heavy atom. The van der Waals surface area contributed by atoms with E-state index in [0.29, 0.717) is 11.5 Å². The Balaban J connectivity index is 0.00000200. The summed E-state index contributed by atoms with van der Waals surface area (Å²) in [6.45, 7) is 7.89. The van der Waals surface area contributed by atoms with Crippen molar-refractivity contribution >= 4 is 24.0 Å². The Morgan fingerprint density at radius 2 is 1.80 bits per heavy atom. The van der Waals surface area contributed by atoms with E-state index in [1.165, 1.54) is 31.2 Å². The second kappa shape index (κ2) is 7.68. The van der Waals surface area contributed by atoms with Gasteiger partial charge in [0, 0.05) is 16.5 Å². The van der Waals surface area contributed by atoms with Crippen LogP contribution in [0.25, 0.3) is 0 Å². The molecular weight excluding hydrogens is 289 g/mol. The lowest BCUT2D eigenvalue weighted by Crippen LogP contribution is -2.53. The van der Waals surface area contributed by atoms with Crippen LogP contribution in [0.5, 0.6) is 0 Å². The number of hydrogen-bond donors (Lipinski definition) is 1. The second-order valence-electron chi connectivity index (χ2n) is 6.26. The molecule has 1 fully saturated rings. The van der Waals surface area contributed by atoms with Crippen LogP contribution in [0, 0.1) is 5.92 Å². The van der Waals surface area contributed by atoms with Gasteiger partial charge in [-0.15, -0.1) is 12.4 Å². The lowest BCUT2D eigenvalue weighted by molar-refractivity contribution is 0.153. The molecule has 1 unspecified atom stereocenters. The third-order valence-corrected chi connectivity index (χ3v) is 4.74. The molecule has 1 aromatic rings. The third-order valence-electron chi connectivity index (χ3n) is 4.49. The summed E-state index contributed by atoms with van der Waals surface area (Å²) in [5, 5.41) is 4.57. The highest BCUT2D eigenvalue weighted by Gasteiger charge is 2.44. The summed E-state index contributed by atoms with van der Waals surface area (Å²) in [4.78, 5) is 0. The number of hydrogen-bond acceptors (Lipinski definition) is 1. The van der Waals surface area contributed by atoms with Gasteiger partial charge in [-0.2, -0.15) is 0 Å². The standard InChI is InChI=1S/C17H26ClN.ClH/c1-4-19-16(12-13(2)3)17(10-5-11-17)14-6-8-15(18)9-7-14;/h6-9,13,16,19H,4-5,10-12H2,1-3H3;1H. The first-order chi connectivity index (χ1) is 9.08. The monoisotopic (exact) mass is 315 g/mol. The molecule has 1 N–H and O–H groups in total. The van der Waals surface area contributed by atoms with Crippen LogP contribution in [0.1, 0.15) is 52.0 Å². The highest BCUT2D eigenvalue weighted by Crippen LogP contribution is 2.48. The summed E-state index contributed by atoms with van der Waals surface area (Å²) in [5.41, 5.74) is 1.81. The van der Waals surface area contributed by atoms with E-state index in [9.17, 15) is 0 Å². The molecule has 0 amide bonds. The van der Waals surface area contributed by atoms with E-state index in [1.54, 1.807) is 0 Å². The fraction of sp³-hybridized carbons (Fsp3) is 0.647. The third kappa shape index (κ3) is 3.69. The predicted molar refractivity (Wildman–Crippen MR) is 91.1 cm³/mol. The van der Waals surface area contributed by atoms with Crippen LogP contribution in [-0.2, 0) is 5.41 Å². The van der Waals surface area contributed by atoms with Gasteiger partial charge in [0.2, 0.25) is 0 Å². The minimum Gasteiger partial charge on any atom is -0.313 e. The Labute approximate surface area is 134 Å². The summed E-state index contributed by atoms with van der Waals surface area (Å²) in [7, 11) is 0. The van der Waals surface area contributed by atoms with Crippen molar-refractivity contribution in [3.8, 4) is 0 Å². The van der Waals surface area contributed by atoms with E-state index in [-0.39, 0.29) is 12.4 Å². The van der Waals surface area contributed by atoms with Gasteiger partial charge in [0.25, 0.3) is 0 Å². The molecule has 0 heterocycles. The SMILES string of the molecule is CCNC(CC(C)C)C1(c2ccc(Cl)cc2)CCC1.Cl. The molecule has 0 saturated heterocycles. The normalized spacial score (nSPS) is 18.2. The average Bonchev–Trinajstić information content (AvgIpc) is 2.29. The second-order valence-corrected chi connectivity index (χ2v) is 6.69. The zero-order valence-electron chi connectivity index (χ0n) is 12.8. The van der Waals surface area contributed by atoms with E-state index >= 15 is 0 Å². The largest absolute Gasteiger partial charge is 0.313 e. The van der Waals surface area contributed by atoms with Gasteiger partial charge in [-0.25, -0.2) is 0 Å². The van der Waals surface area contributed by atoms with Crippen LogP contribution in [-0.4, -0.2) is 12.6 Å². The Morgan fingerprint density at radius 1 is 1.20 bits per heavy atom. The first-order valence-corrected chi connectivity index (χ1v) is 7.95. The molecule has 1 atom stereocenters. The molecule has 0 aliphatic heterocycles. The van der Waals surface area contributed by atoms with Gasteiger partial charge in [0.15, 0.2) is 0 Å². The molecule has 1 aliphatic rings. The van der Waals surface area contributed by atoms with Crippen molar-refractivity contribution in [3.63, 3.8) is 0 Å². The number of nitrogens with one attached hydrogen (secondary N) is 1. The van der Waals surface area contributed by atoms with Crippen LogP contribution in [0.3, 0.4) is 0 Å². The van der Waals surface area contributed by atoms with E-state index < -0.39 is 0 Å². The van der Waals surface area contributed by atoms with Crippen molar-refractivity contribution in [3.05, 3.63) is 34.9 Å². The molecule has 0 radical (unpaired) electrons. The first-order valence-electron chi connectivity index (χ1n) is 7.58. The molecule has 3 heteroatoms. The quantitative estimate of drug-likeness (QED) is 0.760. The summed E-state index contributed by atoms with van der Waals surface area (Å²) in [6.07, 6.45) is 5.21.